The topological polar surface area (TPSA) is 77.7 Å². The smallest absolute Gasteiger partial charge is 0.267 e. The summed E-state index contributed by atoms with van der Waals surface area (Å²) >= 11 is 0. The number of methoxy groups -OCH3 is 1. The fraction of sp³-hybridized carbons (Fsp3) is 0.583. The molecular formula is C24H33FN4O3. The molecular weight excluding hydrogens is 411 g/mol. The lowest BCUT2D eigenvalue weighted by Crippen LogP contribution is -2.47. The Morgan fingerprint density at radius 1 is 1.31 bits per heavy atom. The molecule has 0 bridgehead atoms. The second kappa shape index (κ2) is 9.58. The molecule has 2 aliphatic rings. The molecule has 0 radical (unpaired) electrons. The number of carbonyl (C=O) groups is 2. The maximum Gasteiger partial charge on any atom is 0.267 e. The van der Waals surface area contributed by atoms with Crippen LogP contribution in [0.3, 0.4) is 0 Å². The van der Waals surface area contributed by atoms with E-state index in [1.165, 1.54) is 13.2 Å². The highest BCUT2D eigenvalue weighted by Gasteiger charge is 2.35. The zero-order valence-electron chi connectivity index (χ0n) is 19.1. The van der Waals surface area contributed by atoms with E-state index in [0.717, 1.165) is 50.8 Å². The molecule has 1 aliphatic heterocycles. The number of carbonyl (C=O) groups excluding carboxylic acids is 2. The van der Waals surface area contributed by atoms with Crippen LogP contribution in [0.4, 0.5) is 4.39 Å². The minimum absolute atomic E-state index is 0.0122. The molecule has 4 rings (SSSR count). The van der Waals surface area contributed by atoms with Crippen molar-refractivity contribution in [1.29, 1.82) is 0 Å². The number of hydrogen-bond acceptors (Lipinski definition) is 4. The van der Waals surface area contributed by atoms with Crippen LogP contribution >= 0.6 is 0 Å². The number of rotatable bonds is 6. The molecule has 1 aliphatic carbocycles. The highest BCUT2D eigenvalue weighted by Crippen LogP contribution is 2.28. The Morgan fingerprint density at radius 3 is 2.88 bits per heavy atom. The van der Waals surface area contributed by atoms with E-state index in [9.17, 15) is 14.0 Å². The highest BCUT2D eigenvalue weighted by molar-refractivity contribution is 5.99. The number of halogens is 1. The first-order valence-corrected chi connectivity index (χ1v) is 11.4. The van der Waals surface area contributed by atoms with E-state index < -0.39 is 0 Å². The average molecular weight is 445 g/mol. The number of fused-ring (bicyclic) bond motifs is 1. The Hall–Kier alpha value is -2.45. The third kappa shape index (κ3) is 4.66. The summed E-state index contributed by atoms with van der Waals surface area (Å²) in [7, 11) is 3.39. The SMILES string of the molecule is COCC(=O)N(C)[C@H]1CCN([C@H]2CCC[C@@H](NC(=O)c3cc4c(F)ccc(C)c4[nH]3)C2)C1. The third-order valence-corrected chi connectivity index (χ3v) is 7.10. The fourth-order valence-electron chi connectivity index (χ4n) is 5.18. The molecule has 2 N–H and O–H groups in total. The fourth-order valence-corrected chi connectivity index (χ4v) is 5.18. The van der Waals surface area contributed by atoms with E-state index in [1.54, 1.807) is 12.1 Å². The first-order valence-electron chi connectivity index (χ1n) is 11.4. The van der Waals surface area contributed by atoms with E-state index in [1.807, 2.05) is 18.9 Å². The van der Waals surface area contributed by atoms with Crippen LogP contribution in [-0.4, -0.2) is 78.6 Å². The van der Waals surface area contributed by atoms with E-state index >= 15 is 0 Å². The standard InChI is InChI=1S/C24H33FN4O3/c1-15-7-8-20(25)19-12-21(27-23(15)19)24(31)26-16-5-4-6-17(11-16)29-10-9-18(13-29)28(2)22(30)14-32-3/h7-8,12,16-18,27H,4-6,9-11,13-14H2,1-3H3,(H,26,31)/t16-,17+,18+/m1/s1. The lowest BCUT2D eigenvalue weighted by Gasteiger charge is -2.36. The van der Waals surface area contributed by atoms with Gasteiger partial charge in [0.15, 0.2) is 0 Å². The number of likely N-dealkylation sites (tertiary alicyclic amines) is 1. The zero-order chi connectivity index (χ0) is 22.8. The molecule has 3 atom stereocenters. The number of likely N-dealkylation sites (N-methyl/N-ethyl adjacent to an activating group) is 1. The van der Waals surface area contributed by atoms with Crippen molar-refractivity contribution >= 4 is 22.7 Å². The summed E-state index contributed by atoms with van der Waals surface area (Å²) in [6.07, 6.45) is 4.95. The minimum Gasteiger partial charge on any atom is -0.375 e. The number of hydrogen-bond donors (Lipinski definition) is 2. The van der Waals surface area contributed by atoms with Crippen LogP contribution in [0.25, 0.3) is 10.9 Å². The number of ether oxygens (including phenoxy) is 1. The van der Waals surface area contributed by atoms with Crippen LogP contribution in [0.15, 0.2) is 18.2 Å². The lowest BCUT2D eigenvalue weighted by atomic mass is 9.90. The van der Waals surface area contributed by atoms with Crippen molar-refractivity contribution in [3.05, 3.63) is 35.3 Å². The van der Waals surface area contributed by atoms with Gasteiger partial charge >= 0.3 is 0 Å². The summed E-state index contributed by atoms with van der Waals surface area (Å²) in [6, 6.07) is 5.44. The molecule has 1 aromatic heterocycles. The number of nitrogens with zero attached hydrogens (tertiary/aromatic N) is 2. The Bertz CT molecular complexity index is 952. The Kier molecular flexibility index (Phi) is 6.81. The first-order chi connectivity index (χ1) is 15.4. The maximum atomic E-state index is 14.1. The second-order valence-corrected chi connectivity index (χ2v) is 9.20. The first kappa shape index (κ1) is 22.7. The largest absolute Gasteiger partial charge is 0.375 e. The molecule has 7 nitrogen and oxygen atoms in total. The van der Waals surface area contributed by atoms with Crippen LogP contribution in [0.1, 0.15) is 48.2 Å². The van der Waals surface area contributed by atoms with Crippen LogP contribution in [-0.2, 0) is 9.53 Å². The molecule has 2 fully saturated rings. The van der Waals surface area contributed by atoms with Gasteiger partial charge in [0.25, 0.3) is 5.91 Å². The van der Waals surface area contributed by atoms with Crippen molar-refractivity contribution in [2.45, 2.75) is 57.2 Å². The van der Waals surface area contributed by atoms with E-state index in [-0.39, 0.29) is 36.3 Å². The maximum absolute atomic E-state index is 14.1. The summed E-state index contributed by atoms with van der Waals surface area (Å²) in [5, 5.41) is 3.61. The van der Waals surface area contributed by atoms with Gasteiger partial charge in [0.2, 0.25) is 5.91 Å². The molecule has 174 valence electrons. The van der Waals surface area contributed by atoms with E-state index in [2.05, 4.69) is 15.2 Å². The molecule has 32 heavy (non-hydrogen) atoms. The van der Waals surface area contributed by atoms with Crippen molar-refractivity contribution in [1.82, 2.24) is 20.1 Å². The molecule has 0 spiro atoms. The average Bonchev–Trinajstić information content (AvgIpc) is 3.45. The minimum atomic E-state index is -0.323. The van der Waals surface area contributed by atoms with Crippen molar-refractivity contribution in [2.24, 2.45) is 0 Å². The van der Waals surface area contributed by atoms with Crippen LogP contribution in [0, 0.1) is 12.7 Å². The number of aryl methyl sites for hydroxylation is 1. The van der Waals surface area contributed by atoms with Gasteiger partial charge in [-0.2, -0.15) is 0 Å². The number of H-pyrrole nitrogens is 1. The summed E-state index contributed by atoms with van der Waals surface area (Å²) < 4.78 is 19.1. The number of benzene rings is 1. The molecule has 1 aromatic carbocycles. The van der Waals surface area contributed by atoms with Gasteiger partial charge in [0, 0.05) is 50.8 Å². The summed E-state index contributed by atoms with van der Waals surface area (Å²) in [6.45, 7) is 3.83. The normalized spacial score (nSPS) is 24.1. The van der Waals surface area contributed by atoms with Gasteiger partial charge < -0.3 is 19.9 Å². The van der Waals surface area contributed by atoms with Crippen molar-refractivity contribution in [3.8, 4) is 0 Å². The Balaban J connectivity index is 1.35. The van der Waals surface area contributed by atoms with Crippen molar-refractivity contribution < 1.29 is 18.7 Å². The molecule has 2 aromatic rings. The van der Waals surface area contributed by atoms with Crippen LogP contribution in [0.5, 0.6) is 0 Å². The monoisotopic (exact) mass is 444 g/mol. The molecule has 0 unspecified atom stereocenters. The van der Waals surface area contributed by atoms with Gasteiger partial charge in [-0.15, -0.1) is 0 Å². The second-order valence-electron chi connectivity index (χ2n) is 9.20. The Labute approximate surface area is 188 Å². The Morgan fingerprint density at radius 2 is 2.12 bits per heavy atom. The summed E-state index contributed by atoms with van der Waals surface area (Å²) in [5.41, 5.74) is 1.98. The van der Waals surface area contributed by atoms with Gasteiger partial charge in [-0.3, -0.25) is 14.5 Å². The lowest BCUT2D eigenvalue weighted by molar-refractivity contribution is -0.135. The van der Waals surface area contributed by atoms with Gasteiger partial charge in [-0.25, -0.2) is 4.39 Å². The zero-order valence-corrected chi connectivity index (χ0v) is 19.1. The molecule has 2 amide bonds. The van der Waals surface area contributed by atoms with E-state index in [4.69, 9.17) is 4.74 Å². The summed E-state index contributed by atoms with van der Waals surface area (Å²) in [4.78, 5) is 32.4. The molecule has 1 saturated carbocycles. The molecule has 1 saturated heterocycles. The van der Waals surface area contributed by atoms with Crippen molar-refractivity contribution in [2.75, 3.05) is 33.9 Å². The predicted molar refractivity (Wildman–Crippen MR) is 121 cm³/mol. The number of nitrogens with one attached hydrogen (secondary N) is 2. The molecule has 2 heterocycles. The van der Waals surface area contributed by atoms with Crippen LogP contribution in [0.2, 0.25) is 0 Å². The van der Waals surface area contributed by atoms with Gasteiger partial charge in [0.05, 0.1) is 5.52 Å². The van der Waals surface area contributed by atoms with Gasteiger partial charge in [-0.1, -0.05) is 6.07 Å². The summed E-state index contributed by atoms with van der Waals surface area (Å²) in [5.74, 6) is -0.496. The van der Waals surface area contributed by atoms with E-state index in [0.29, 0.717) is 22.6 Å². The van der Waals surface area contributed by atoms with Gasteiger partial charge in [-0.05, 0) is 56.7 Å². The number of aromatic nitrogens is 1. The quantitative estimate of drug-likeness (QED) is 0.718. The number of amides is 2. The van der Waals surface area contributed by atoms with Crippen LogP contribution < -0.4 is 5.32 Å². The number of aromatic amines is 1. The highest BCUT2D eigenvalue weighted by atomic mass is 19.1. The third-order valence-electron chi connectivity index (χ3n) is 7.10. The van der Waals surface area contributed by atoms with Crippen molar-refractivity contribution in [3.63, 3.8) is 0 Å². The van der Waals surface area contributed by atoms with Gasteiger partial charge in [0.1, 0.15) is 18.1 Å². The molecule has 8 heteroatoms. The predicted octanol–water partition coefficient (Wildman–Crippen LogP) is 2.84.